The van der Waals surface area contributed by atoms with E-state index in [1.165, 1.54) is 17.1 Å². The number of halogens is 2. The van der Waals surface area contributed by atoms with Gasteiger partial charge in [0, 0.05) is 28.8 Å². The highest BCUT2D eigenvalue weighted by molar-refractivity contribution is 6.32. The minimum atomic E-state index is -0.524. The number of hydrogen-bond donors (Lipinski definition) is 4. The summed E-state index contributed by atoms with van der Waals surface area (Å²) in [5, 5.41) is 20.6. The maximum absolute atomic E-state index is 13.0. The van der Waals surface area contributed by atoms with Gasteiger partial charge in [0.15, 0.2) is 0 Å². The molecular formula is C25H21Cl2N9O2. The Morgan fingerprint density at radius 1 is 1.16 bits per heavy atom. The van der Waals surface area contributed by atoms with Gasteiger partial charge in [-0.25, -0.2) is 9.78 Å². The molecule has 5 rings (SSSR count). The maximum Gasteiger partial charge on any atom is 0.319 e. The molecule has 2 aromatic carbocycles. The number of nitrogens with one attached hydrogen (secondary N) is 4. The number of anilines is 1. The average Bonchev–Trinajstić information content (AvgIpc) is 3.57. The second kappa shape index (κ2) is 11.3. The van der Waals surface area contributed by atoms with E-state index < -0.39 is 6.04 Å². The van der Waals surface area contributed by atoms with Crippen molar-refractivity contribution in [3.05, 3.63) is 88.6 Å². The zero-order chi connectivity index (χ0) is 26.5. The lowest BCUT2D eigenvalue weighted by Gasteiger charge is -2.14. The van der Waals surface area contributed by atoms with Crippen molar-refractivity contribution in [1.29, 1.82) is 0 Å². The van der Waals surface area contributed by atoms with Gasteiger partial charge < -0.3 is 20.9 Å². The molecule has 11 nitrogen and oxygen atoms in total. The van der Waals surface area contributed by atoms with Crippen LogP contribution in [0.3, 0.4) is 0 Å². The molecule has 2 aromatic heterocycles. The molecule has 38 heavy (non-hydrogen) atoms. The molecule has 3 amide bonds. The molecule has 1 aliphatic heterocycles. The molecule has 0 saturated carbocycles. The van der Waals surface area contributed by atoms with Gasteiger partial charge >= 0.3 is 6.03 Å². The SMILES string of the molecule is O=C(C=Cc1cc(Cl)ccc1-n1cnnn1)N[C@H]1CC=CCNC(=O)Nc2ccccc2-c2nc1[nH]c2Cl. The topological polar surface area (TPSA) is 143 Å². The summed E-state index contributed by atoms with van der Waals surface area (Å²) in [6.45, 7) is 0.312. The number of fused-ring (bicyclic) bond motifs is 4. The van der Waals surface area contributed by atoms with Crippen LogP contribution in [0.1, 0.15) is 23.9 Å². The quantitative estimate of drug-likeness (QED) is 0.220. The van der Waals surface area contributed by atoms with E-state index in [9.17, 15) is 9.59 Å². The summed E-state index contributed by atoms with van der Waals surface area (Å²) >= 11 is 12.7. The van der Waals surface area contributed by atoms with E-state index in [1.807, 2.05) is 18.2 Å². The molecule has 4 aromatic rings. The first kappa shape index (κ1) is 25.2. The summed E-state index contributed by atoms with van der Waals surface area (Å²) in [5.74, 6) is 0.113. The van der Waals surface area contributed by atoms with E-state index in [1.54, 1.807) is 42.5 Å². The van der Waals surface area contributed by atoms with Gasteiger partial charge in [0.25, 0.3) is 0 Å². The van der Waals surface area contributed by atoms with E-state index >= 15 is 0 Å². The summed E-state index contributed by atoms with van der Waals surface area (Å²) < 4.78 is 1.48. The third-order valence-corrected chi connectivity index (χ3v) is 6.18. The van der Waals surface area contributed by atoms with Crippen LogP contribution in [0.15, 0.2) is 67.0 Å². The maximum atomic E-state index is 13.0. The number of nitrogens with zero attached hydrogens (tertiary/aromatic N) is 5. The number of hydrogen-bond acceptors (Lipinski definition) is 6. The number of H-pyrrole nitrogens is 1. The van der Waals surface area contributed by atoms with Crippen LogP contribution in [0.5, 0.6) is 0 Å². The number of aromatic nitrogens is 6. The Bertz CT molecular complexity index is 1530. The Kier molecular flexibility index (Phi) is 7.47. The summed E-state index contributed by atoms with van der Waals surface area (Å²) in [5.41, 5.74) is 2.96. The fourth-order valence-corrected chi connectivity index (χ4v) is 4.33. The lowest BCUT2D eigenvalue weighted by Crippen LogP contribution is -2.29. The molecule has 0 aliphatic carbocycles. The van der Waals surface area contributed by atoms with E-state index in [-0.39, 0.29) is 17.1 Å². The van der Waals surface area contributed by atoms with Crippen LogP contribution in [0.25, 0.3) is 23.0 Å². The Morgan fingerprint density at radius 2 is 2.03 bits per heavy atom. The van der Waals surface area contributed by atoms with Crippen LogP contribution in [-0.4, -0.2) is 48.7 Å². The first-order valence-corrected chi connectivity index (χ1v) is 12.3. The number of rotatable bonds is 4. The fraction of sp³-hybridized carbons (Fsp3) is 0.120. The summed E-state index contributed by atoms with van der Waals surface area (Å²) in [4.78, 5) is 33.1. The lowest BCUT2D eigenvalue weighted by molar-refractivity contribution is -0.117. The highest BCUT2D eigenvalue weighted by Gasteiger charge is 2.21. The third kappa shape index (κ3) is 5.74. The van der Waals surface area contributed by atoms with E-state index in [0.717, 1.165) is 0 Å². The summed E-state index contributed by atoms with van der Waals surface area (Å²) in [7, 11) is 0. The highest BCUT2D eigenvalue weighted by Crippen LogP contribution is 2.33. The predicted octanol–water partition coefficient (Wildman–Crippen LogP) is 4.31. The average molecular weight is 550 g/mol. The van der Waals surface area contributed by atoms with Crippen LogP contribution >= 0.6 is 23.2 Å². The van der Waals surface area contributed by atoms with Crippen molar-refractivity contribution in [3.8, 4) is 16.9 Å². The van der Waals surface area contributed by atoms with E-state index in [0.29, 0.717) is 52.0 Å². The Balaban J connectivity index is 1.42. The number of urea groups is 1. The van der Waals surface area contributed by atoms with Crippen molar-refractivity contribution in [3.63, 3.8) is 0 Å². The van der Waals surface area contributed by atoms with Gasteiger partial charge in [-0.05, 0) is 47.2 Å². The monoisotopic (exact) mass is 549 g/mol. The van der Waals surface area contributed by atoms with Crippen LogP contribution in [0, 0.1) is 0 Å². The third-order valence-electron chi connectivity index (χ3n) is 5.67. The van der Waals surface area contributed by atoms with Crippen molar-refractivity contribution >= 4 is 46.9 Å². The predicted molar refractivity (Wildman–Crippen MR) is 144 cm³/mol. The number of benzene rings is 2. The molecule has 192 valence electrons. The molecule has 0 fully saturated rings. The van der Waals surface area contributed by atoms with Gasteiger partial charge in [0.05, 0.1) is 17.4 Å². The first-order chi connectivity index (χ1) is 18.5. The minimum Gasteiger partial charge on any atom is -0.342 e. The van der Waals surface area contributed by atoms with Crippen molar-refractivity contribution in [1.82, 2.24) is 40.8 Å². The highest BCUT2D eigenvalue weighted by atomic mass is 35.5. The van der Waals surface area contributed by atoms with E-state index in [2.05, 4.69) is 41.4 Å². The second-order valence-corrected chi connectivity index (χ2v) is 9.04. The molecule has 0 radical (unpaired) electrons. The molecule has 4 N–H and O–H groups in total. The van der Waals surface area contributed by atoms with Crippen LogP contribution in [0.4, 0.5) is 10.5 Å². The lowest BCUT2D eigenvalue weighted by atomic mass is 10.1. The van der Waals surface area contributed by atoms with Crippen molar-refractivity contribution < 1.29 is 9.59 Å². The van der Waals surface area contributed by atoms with Crippen molar-refractivity contribution in [2.45, 2.75) is 12.5 Å². The number of carbonyl (C=O) groups excluding carboxylic acids is 2. The molecule has 13 heteroatoms. The number of aromatic amines is 1. The molecule has 1 aliphatic rings. The minimum absolute atomic E-state index is 0.287. The molecule has 3 heterocycles. The largest absolute Gasteiger partial charge is 0.342 e. The zero-order valence-corrected chi connectivity index (χ0v) is 21.2. The molecule has 0 saturated heterocycles. The van der Waals surface area contributed by atoms with Crippen LogP contribution in [-0.2, 0) is 4.79 Å². The van der Waals surface area contributed by atoms with Gasteiger partial charge in [-0.15, -0.1) is 5.10 Å². The molecular weight excluding hydrogens is 529 g/mol. The zero-order valence-electron chi connectivity index (χ0n) is 19.7. The van der Waals surface area contributed by atoms with Gasteiger partial charge in [0.1, 0.15) is 23.0 Å². The van der Waals surface area contributed by atoms with Crippen LogP contribution in [0.2, 0.25) is 10.2 Å². The Morgan fingerprint density at radius 3 is 2.87 bits per heavy atom. The second-order valence-electron chi connectivity index (χ2n) is 8.22. The van der Waals surface area contributed by atoms with E-state index in [4.69, 9.17) is 23.2 Å². The van der Waals surface area contributed by atoms with Gasteiger partial charge in [0.2, 0.25) is 5.91 Å². The molecule has 1 atom stereocenters. The van der Waals surface area contributed by atoms with Gasteiger partial charge in [-0.2, -0.15) is 4.68 Å². The molecule has 0 unspecified atom stereocenters. The summed E-state index contributed by atoms with van der Waals surface area (Å²) in [6.07, 6.45) is 8.53. The Labute approximate surface area is 226 Å². The normalized spacial score (nSPS) is 15.5. The smallest absolute Gasteiger partial charge is 0.319 e. The first-order valence-electron chi connectivity index (χ1n) is 11.5. The number of carbonyl (C=O) groups is 2. The number of imidazole rings is 1. The number of tetrazole rings is 1. The molecule has 2 bridgehead atoms. The van der Waals surface area contributed by atoms with Gasteiger partial charge in [-0.1, -0.05) is 53.6 Å². The number of para-hydroxylation sites is 1. The fourth-order valence-electron chi connectivity index (χ4n) is 3.91. The van der Waals surface area contributed by atoms with Crippen LogP contribution < -0.4 is 16.0 Å². The van der Waals surface area contributed by atoms with Crippen molar-refractivity contribution in [2.24, 2.45) is 0 Å². The Hall–Kier alpha value is -4.48. The molecule has 0 spiro atoms. The van der Waals surface area contributed by atoms with Gasteiger partial charge in [-0.3, -0.25) is 4.79 Å². The number of amides is 3. The summed E-state index contributed by atoms with van der Waals surface area (Å²) in [6, 6.07) is 11.5. The standard InChI is InChI=1S/C25H21Cl2N9O2/c26-16-9-10-20(36-14-29-34-35-36)15(13-16)8-11-21(37)30-19-7-3-4-12-28-25(38)31-18-6-2-1-5-17(18)22-23(27)33-24(19)32-22/h1-6,8-11,13-14,19H,7,12H2,(H,30,37)(H,32,33)(H2,28,31,38)/t19-/m0/s1. The van der Waals surface area contributed by atoms with Crippen molar-refractivity contribution in [2.75, 3.05) is 11.9 Å².